The normalized spacial score (nSPS) is 14.7. The molecule has 0 unspecified atom stereocenters. The summed E-state index contributed by atoms with van der Waals surface area (Å²) in [6, 6.07) is 11.4. The molecule has 9 nitrogen and oxygen atoms in total. The maximum atomic E-state index is 12.7. The Labute approximate surface area is 197 Å². The maximum absolute atomic E-state index is 12.7. The number of hydrogen-bond donors (Lipinski definition) is 2. The van der Waals surface area contributed by atoms with Crippen LogP contribution in [0.1, 0.15) is 28.5 Å². The fourth-order valence-electron chi connectivity index (χ4n) is 3.83. The average molecular weight is 478 g/mol. The Morgan fingerprint density at radius 1 is 1.21 bits per heavy atom. The van der Waals surface area contributed by atoms with Crippen molar-refractivity contribution >= 4 is 27.2 Å². The SMILES string of the molecule is Cc1ncc(NC(=O)c2cccc(S(C)(=O)=O)c2)cc1-c1cnc(N2CC(C)(O)C2)c(C#N)c1. The van der Waals surface area contributed by atoms with E-state index in [1.54, 1.807) is 25.3 Å². The Hall–Kier alpha value is -3.81. The molecule has 0 radical (unpaired) electrons. The van der Waals surface area contributed by atoms with Crippen molar-refractivity contribution in [3.63, 3.8) is 0 Å². The number of sulfone groups is 1. The highest BCUT2D eigenvalue weighted by Gasteiger charge is 2.38. The number of aliphatic hydroxyl groups is 1. The van der Waals surface area contributed by atoms with Gasteiger partial charge in [0.2, 0.25) is 0 Å². The number of pyridine rings is 2. The Morgan fingerprint density at radius 3 is 2.59 bits per heavy atom. The fourth-order valence-corrected chi connectivity index (χ4v) is 4.50. The lowest BCUT2D eigenvalue weighted by Gasteiger charge is -2.45. The monoisotopic (exact) mass is 477 g/mol. The number of anilines is 2. The van der Waals surface area contributed by atoms with E-state index in [9.17, 15) is 23.6 Å². The van der Waals surface area contributed by atoms with Crippen molar-refractivity contribution in [2.45, 2.75) is 24.3 Å². The van der Waals surface area contributed by atoms with E-state index in [0.29, 0.717) is 47.0 Å². The van der Waals surface area contributed by atoms with Crippen LogP contribution in [0.3, 0.4) is 0 Å². The molecule has 1 fully saturated rings. The first-order valence-electron chi connectivity index (χ1n) is 10.4. The van der Waals surface area contributed by atoms with Gasteiger partial charge in [0.15, 0.2) is 9.84 Å². The third kappa shape index (κ3) is 4.76. The third-order valence-corrected chi connectivity index (χ3v) is 6.64. The lowest BCUT2D eigenvalue weighted by atomic mass is 9.96. The summed E-state index contributed by atoms with van der Waals surface area (Å²) in [5, 5.41) is 22.4. The lowest BCUT2D eigenvalue weighted by molar-refractivity contribution is 0.0305. The average Bonchev–Trinajstić information content (AvgIpc) is 2.77. The lowest BCUT2D eigenvalue weighted by Crippen LogP contribution is -2.60. The second kappa shape index (κ2) is 8.52. The van der Waals surface area contributed by atoms with Gasteiger partial charge in [0.1, 0.15) is 11.9 Å². The van der Waals surface area contributed by atoms with Crippen LogP contribution in [0, 0.1) is 18.3 Å². The summed E-state index contributed by atoms with van der Waals surface area (Å²) in [4.78, 5) is 23.4. The van der Waals surface area contributed by atoms with Crippen molar-refractivity contribution in [3.05, 3.63) is 65.6 Å². The van der Waals surface area contributed by atoms with Crippen LogP contribution >= 0.6 is 0 Å². The summed E-state index contributed by atoms with van der Waals surface area (Å²) < 4.78 is 23.6. The number of β-amino-alcohol motifs (C(OH)–C–C–N with tert-alkyl or cyclic N) is 1. The van der Waals surface area contributed by atoms with Crippen LogP contribution in [0.25, 0.3) is 11.1 Å². The molecule has 0 aliphatic carbocycles. The van der Waals surface area contributed by atoms with Gasteiger partial charge in [0.25, 0.3) is 5.91 Å². The number of carbonyl (C=O) groups is 1. The highest BCUT2D eigenvalue weighted by Crippen LogP contribution is 2.32. The molecule has 174 valence electrons. The standard InChI is InChI=1S/C24H23N5O4S/c1-15-21(18-7-17(10-25)22(27-11-18)29-13-24(2,31)14-29)9-19(12-26-15)28-23(30)16-5-4-6-20(8-16)34(3,32)33/h4-9,11-12,31H,13-14H2,1-3H3,(H,28,30). The molecule has 1 saturated heterocycles. The highest BCUT2D eigenvalue weighted by atomic mass is 32.2. The van der Waals surface area contributed by atoms with Gasteiger partial charge in [-0.05, 0) is 44.2 Å². The van der Waals surface area contributed by atoms with E-state index < -0.39 is 21.3 Å². The fraction of sp³-hybridized carbons (Fsp3) is 0.250. The van der Waals surface area contributed by atoms with Crippen molar-refractivity contribution in [2.75, 3.05) is 29.6 Å². The van der Waals surface area contributed by atoms with E-state index in [2.05, 4.69) is 21.4 Å². The molecule has 3 aromatic rings. The number of nitriles is 1. The second-order valence-electron chi connectivity index (χ2n) is 8.67. The van der Waals surface area contributed by atoms with Gasteiger partial charge >= 0.3 is 0 Å². The molecular formula is C24H23N5O4S. The maximum Gasteiger partial charge on any atom is 0.255 e. The van der Waals surface area contributed by atoms with E-state index >= 15 is 0 Å². The number of aromatic nitrogens is 2. The quantitative estimate of drug-likeness (QED) is 0.572. The molecule has 0 atom stereocenters. The molecule has 3 heterocycles. The first-order valence-corrected chi connectivity index (χ1v) is 12.3. The number of hydrogen-bond acceptors (Lipinski definition) is 8. The number of aryl methyl sites for hydroxylation is 1. The molecule has 10 heteroatoms. The minimum atomic E-state index is -3.44. The van der Waals surface area contributed by atoms with E-state index in [4.69, 9.17) is 0 Å². The molecule has 34 heavy (non-hydrogen) atoms. The Balaban J connectivity index is 1.61. The third-order valence-electron chi connectivity index (χ3n) is 5.53. The molecule has 1 aromatic carbocycles. The smallest absolute Gasteiger partial charge is 0.255 e. The van der Waals surface area contributed by atoms with Crippen LogP contribution in [-0.4, -0.2) is 54.3 Å². The summed E-state index contributed by atoms with van der Waals surface area (Å²) in [5.41, 5.74) is 2.23. The van der Waals surface area contributed by atoms with Gasteiger partial charge in [-0.15, -0.1) is 0 Å². The molecular weight excluding hydrogens is 454 g/mol. The van der Waals surface area contributed by atoms with Crippen LogP contribution in [0.4, 0.5) is 11.5 Å². The van der Waals surface area contributed by atoms with Crippen LogP contribution in [0.2, 0.25) is 0 Å². The van der Waals surface area contributed by atoms with Gasteiger partial charge in [0, 0.05) is 47.9 Å². The van der Waals surface area contributed by atoms with E-state index in [1.807, 2.05) is 11.8 Å². The minimum absolute atomic E-state index is 0.0572. The Bertz CT molecular complexity index is 1440. The van der Waals surface area contributed by atoms with Gasteiger partial charge < -0.3 is 15.3 Å². The number of amides is 1. The van der Waals surface area contributed by atoms with Crippen LogP contribution in [0.15, 0.2) is 53.7 Å². The zero-order valence-corrected chi connectivity index (χ0v) is 19.7. The number of benzene rings is 1. The second-order valence-corrected chi connectivity index (χ2v) is 10.7. The number of carbonyl (C=O) groups excluding carboxylic acids is 1. The van der Waals surface area contributed by atoms with E-state index in [-0.39, 0.29) is 10.5 Å². The van der Waals surface area contributed by atoms with Crippen molar-refractivity contribution in [1.29, 1.82) is 5.26 Å². The minimum Gasteiger partial charge on any atom is -0.386 e. The largest absolute Gasteiger partial charge is 0.386 e. The van der Waals surface area contributed by atoms with Gasteiger partial charge in [-0.1, -0.05) is 6.07 Å². The highest BCUT2D eigenvalue weighted by molar-refractivity contribution is 7.90. The van der Waals surface area contributed by atoms with Crippen molar-refractivity contribution in [1.82, 2.24) is 9.97 Å². The Kier molecular flexibility index (Phi) is 5.85. The number of nitrogens with one attached hydrogen (secondary N) is 1. The Morgan fingerprint density at radius 2 is 1.94 bits per heavy atom. The first-order chi connectivity index (χ1) is 16.0. The molecule has 2 N–H and O–H groups in total. The summed E-state index contributed by atoms with van der Waals surface area (Å²) in [6.45, 7) is 4.34. The zero-order valence-electron chi connectivity index (χ0n) is 18.9. The van der Waals surface area contributed by atoms with Crippen LogP contribution in [-0.2, 0) is 9.84 Å². The summed E-state index contributed by atoms with van der Waals surface area (Å²) >= 11 is 0. The van der Waals surface area contributed by atoms with E-state index in [0.717, 1.165) is 6.26 Å². The summed E-state index contributed by atoms with van der Waals surface area (Å²) in [7, 11) is -3.44. The van der Waals surface area contributed by atoms with Crippen molar-refractivity contribution in [2.24, 2.45) is 0 Å². The topological polar surface area (TPSA) is 136 Å². The van der Waals surface area contributed by atoms with E-state index in [1.165, 1.54) is 30.5 Å². The van der Waals surface area contributed by atoms with Crippen molar-refractivity contribution in [3.8, 4) is 17.2 Å². The summed E-state index contributed by atoms with van der Waals surface area (Å²) in [5.74, 6) is 0.0386. The predicted molar refractivity (Wildman–Crippen MR) is 127 cm³/mol. The first kappa shape index (κ1) is 23.4. The summed E-state index contributed by atoms with van der Waals surface area (Å²) in [6.07, 6.45) is 4.22. The van der Waals surface area contributed by atoms with Gasteiger partial charge in [0.05, 0.1) is 27.9 Å². The number of nitrogens with zero attached hydrogens (tertiary/aromatic N) is 4. The molecule has 0 saturated carbocycles. The molecule has 1 amide bonds. The molecule has 2 aromatic heterocycles. The van der Waals surface area contributed by atoms with Crippen LogP contribution < -0.4 is 10.2 Å². The van der Waals surface area contributed by atoms with Gasteiger partial charge in [-0.2, -0.15) is 5.26 Å². The zero-order chi connectivity index (χ0) is 24.7. The molecule has 1 aliphatic rings. The molecule has 0 bridgehead atoms. The number of rotatable bonds is 5. The van der Waals surface area contributed by atoms with Crippen molar-refractivity contribution < 1.29 is 18.3 Å². The van der Waals surface area contributed by atoms with Gasteiger partial charge in [-0.3, -0.25) is 9.78 Å². The molecule has 4 rings (SSSR count). The molecule has 0 spiro atoms. The predicted octanol–water partition coefficient (Wildman–Crippen LogP) is 2.55. The molecule has 1 aliphatic heterocycles. The van der Waals surface area contributed by atoms with Gasteiger partial charge in [-0.25, -0.2) is 13.4 Å². The van der Waals surface area contributed by atoms with Crippen LogP contribution in [0.5, 0.6) is 0 Å².